The monoisotopic (exact) mass is 378 g/mol. The van der Waals surface area contributed by atoms with Crippen LogP contribution in [0.2, 0.25) is 0 Å². The molecular weight excluding hydrogens is 359 g/mol. The van der Waals surface area contributed by atoms with Crippen LogP contribution in [0.25, 0.3) is 0 Å². The Morgan fingerprint density at radius 2 is 1.61 bits per heavy atom. The molecule has 3 heterocycles. The fraction of sp³-hybridized carbons (Fsp3) is 0.318. The van der Waals surface area contributed by atoms with Gasteiger partial charge in [0.15, 0.2) is 5.78 Å². The first-order valence-electron chi connectivity index (χ1n) is 9.56. The number of ketones is 1. The lowest BCUT2D eigenvalue weighted by Crippen LogP contribution is -2.46. The maximum atomic E-state index is 13.3. The highest BCUT2D eigenvalue weighted by molar-refractivity contribution is 6.24. The number of hydrogen-bond donors (Lipinski definition) is 0. The molecule has 0 aromatic heterocycles. The van der Waals surface area contributed by atoms with Crippen molar-refractivity contribution >= 4 is 23.3 Å². The van der Waals surface area contributed by atoms with E-state index in [2.05, 4.69) is 4.90 Å². The predicted octanol–water partition coefficient (Wildman–Crippen LogP) is 2.66. The first-order valence-corrected chi connectivity index (χ1v) is 9.56. The van der Waals surface area contributed by atoms with Crippen LogP contribution in [0.15, 0.2) is 54.6 Å². The zero-order chi connectivity index (χ0) is 19.4. The van der Waals surface area contributed by atoms with Gasteiger partial charge in [-0.3, -0.25) is 19.3 Å². The van der Waals surface area contributed by atoms with Crippen molar-refractivity contribution in [2.45, 2.75) is 24.9 Å². The van der Waals surface area contributed by atoms with Crippen molar-refractivity contribution < 1.29 is 18.8 Å². The molecule has 6 heteroatoms. The molecule has 0 unspecified atom stereocenters. The molecule has 0 saturated carbocycles. The summed E-state index contributed by atoms with van der Waals surface area (Å²) in [5.74, 6) is -2.37. The third-order valence-electron chi connectivity index (χ3n) is 6.26. The van der Waals surface area contributed by atoms with Gasteiger partial charge in [-0.1, -0.05) is 30.3 Å². The number of halogens is 1. The number of amides is 2. The molecule has 2 aromatic carbocycles. The lowest BCUT2D eigenvalue weighted by atomic mass is 9.85. The van der Waals surface area contributed by atoms with Crippen molar-refractivity contribution in [3.8, 4) is 0 Å². The van der Waals surface area contributed by atoms with Gasteiger partial charge in [0.1, 0.15) is 5.82 Å². The Balaban J connectivity index is 1.55. The minimum Gasteiger partial charge on any atom is -0.292 e. The highest BCUT2D eigenvalue weighted by atomic mass is 19.1. The van der Waals surface area contributed by atoms with Crippen molar-refractivity contribution in [1.82, 2.24) is 4.90 Å². The Labute approximate surface area is 161 Å². The number of benzene rings is 2. The van der Waals surface area contributed by atoms with Gasteiger partial charge in [0.2, 0.25) is 11.8 Å². The number of rotatable bonds is 3. The zero-order valence-corrected chi connectivity index (χ0v) is 15.1. The number of carbonyl (C=O) groups excluding carboxylic acids is 3. The molecule has 3 aliphatic rings. The standard InChI is InChI=1S/C22H19FN2O3/c23-14-8-10-15(11-9-14)25-21(27)17-16-7-4-12-24(16)19(18(17)22(25)28)20(26)13-5-2-1-3-6-13/h1-3,5-6,8-11,16-19H,4,7,12H2/t16-,17-,18-,19+/m1/s1. The minimum atomic E-state index is -0.685. The van der Waals surface area contributed by atoms with Crippen molar-refractivity contribution in [3.63, 3.8) is 0 Å². The lowest BCUT2D eigenvalue weighted by molar-refractivity contribution is -0.123. The molecule has 0 N–H and O–H groups in total. The van der Waals surface area contributed by atoms with Crippen LogP contribution in [0.3, 0.4) is 0 Å². The molecule has 3 aliphatic heterocycles. The van der Waals surface area contributed by atoms with E-state index >= 15 is 0 Å². The lowest BCUT2D eigenvalue weighted by Gasteiger charge is -2.27. The first-order chi connectivity index (χ1) is 13.6. The Bertz CT molecular complexity index is 960. The molecule has 0 radical (unpaired) electrons. The predicted molar refractivity (Wildman–Crippen MR) is 100 cm³/mol. The summed E-state index contributed by atoms with van der Waals surface area (Å²) in [7, 11) is 0. The molecule has 2 aromatic rings. The third kappa shape index (κ3) is 2.37. The molecular formula is C22H19FN2O3. The van der Waals surface area contributed by atoms with Crippen LogP contribution in [-0.4, -0.2) is 41.1 Å². The Hall–Kier alpha value is -2.86. The van der Waals surface area contributed by atoms with Crippen LogP contribution in [0.4, 0.5) is 10.1 Å². The molecule has 5 rings (SSSR count). The average molecular weight is 378 g/mol. The number of carbonyl (C=O) groups is 3. The van der Waals surface area contributed by atoms with Crippen molar-refractivity contribution in [3.05, 3.63) is 66.0 Å². The van der Waals surface area contributed by atoms with Gasteiger partial charge in [-0.25, -0.2) is 9.29 Å². The molecule has 4 atom stereocenters. The fourth-order valence-electron chi connectivity index (χ4n) is 5.13. The smallest absolute Gasteiger partial charge is 0.239 e. The zero-order valence-electron chi connectivity index (χ0n) is 15.1. The molecule has 0 bridgehead atoms. The van der Waals surface area contributed by atoms with Gasteiger partial charge in [0.05, 0.1) is 23.6 Å². The van der Waals surface area contributed by atoms with E-state index in [-0.39, 0.29) is 23.6 Å². The topological polar surface area (TPSA) is 57.7 Å². The van der Waals surface area contributed by atoms with Gasteiger partial charge in [-0.2, -0.15) is 0 Å². The number of Topliss-reactive ketones (excluding diaryl/α,β-unsaturated/α-hetero) is 1. The molecule has 5 nitrogen and oxygen atoms in total. The average Bonchev–Trinajstić information content (AvgIpc) is 3.35. The summed E-state index contributed by atoms with van der Waals surface area (Å²) in [6.07, 6.45) is 1.71. The molecule has 0 aliphatic carbocycles. The van der Waals surface area contributed by atoms with Crippen LogP contribution in [0.1, 0.15) is 23.2 Å². The van der Waals surface area contributed by atoms with Crippen LogP contribution in [0.5, 0.6) is 0 Å². The number of anilines is 1. The molecule has 142 valence electrons. The molecule has 28 heavy (non-hydrogen) atoms. The summed E-state index contributed by atoms with van der Waals surface area (Å²) >= 11 is 0. The first kappa shape index (κ1) is 17.3. The molecule has 3 fully saturated rings. The highest BCUT2D eigenvalue weighted by Gasteiger charge is 2.64. The van der Waals surface area contributed by atoms with E-state index < -0.39 is 23.7 Å². The largest absolute Gasteiger partial charge is 0.292 e. The van der Waals surface area contributed by atoms with Gasteiger partial charge < -0.3 is 0 Å². The summed E-state index contributed by atoms with van der Waals surface area (Å²) in [6.45, 7) is 0.720. The number of nitrogens with zero attached hydrogens (tertiary/aromatic N) is 2. The van der Waals surface area contributed by atoms with Crippen molar-refractivity contribution in [1.29, 1.82) is 0 Å². The Morgan fingerprint density at radius 3 is 2.32 bits per heavy atom. The van der Waals surface area contributed by atoms with Gasteiger partial charge in [-0.15, -0.1) is 0 Å². The van der Waals surface area contributed by atoms with Gasteiger partial charge in [-0.05, 0) is 43.7 Å². The number of fused-ring (bicyclic) bond motifs is 3. The van der Waals surface area contributed by atoms with Crippen molar-refractivity contribution in [2.24, 2.45) is 11.8 Å². The maximum Gasteiger partial charge on any atom is 0.239 e. The summed E-state index contributed by atoms with van der Waals surface area (Å²) in [6, 6.07) is 13.6. The van der Waals surface area contributed by atoms with E-state index in [1.165, 1.54) is 24.3 Å². The van der Waals surface area contributed by atoms with E-state index in [1.54, 1.807) is 24.3 Å². The summed E-state index contributed by atoms with van der Waals surface area (Å²) in [5.41, 5.74) is 0.917. The van der Waals surface area contributed by atoms with E-state index in [4.69, 9.17) is 0 Å². The minimum absolute atomic E-state index is 0.0930. The molecule has 0 spiro atoms. The number of imide groups is 1. The third-order valence-corrected chi connectivity index (χ3v) is 6.26. The SMILES string of the molecule is O=C(c1ccccc1)[C@@H]1[C@@H]2C(=O)N(c3ccc(F)cc3)C(=O)[C@@H]2[C@H]2CCCN21. The summed E-state index contributed by atoms with van der Waals surface area (Å²) < 4.78 is 13.3. The van der Waals surface area contributed by atoms with E-state index in [0.29, 0.717) is 11.3 Å². The highest BCUT2D eigenvalue weighted by Crippen LogP contribution is 2.48. The second-order valence-corrected chi connectivity index (χ2v) is 7.66. The van der Waals surface area contributed by atoms with Crippen LogP contribution < -0.4 is 4.90 Å². The van der Waals surface area contributed by atoms with Crippen LogP contribution in [-0.2, 0) is 9.59 Å². The van der Waals surface area contributed by atoms with E-state index in [9.17, 15) is 18.8 Å². The van der Waals surface area contributed by atoms with Gasteiger partial charge in [0, 0.05) is 11.6 Å². The second kappa shape index (κ2) is 6.34. The Kier molecular flexibility index (Phi) is 3.91. The fourth-order valence-corrected chi connectivity index (χ4v) is 5.13. The van der Waals surface area contributed by atoms with Crippen LogP contribution in [0, 0.1) is 17.7 Å². The summed E-state index contributed by atoms with van der Waals surface area (Å²) in [5, 5.41) is 0. The van der Waals surface area contributed by atoms with Crippen LogP contribution >= 0.6 is 0 Å². The quantitative estimate of drug-likeness (QED) is 0.609. The normalized spacial score (nSPS) is 29.2. The Morgan fingerprint density at radius 1 is 0.929 bits per heavy atom. The van der Waals surface area contributed by atoms with Gasteiger partial charge in [0.25, 0.3) is 0 Å². The second-order valence-electron chi connectivity index (χ2n) is 7.66. The molecule has 3 saturated heterocycles. The number of hydrogen-bond acceptors (Lipinski definition) is 4. The van der Waals surface area contributed by atoms with Gasteiger partial charge >= 0.3 is 0 Å². The maximum absolute atomic E-state index is 13.3. The summed E-state index contributed by atoms with van der Waals surface area (Å²) in [4.78, 5) is 43.0. The van der Waals surface area contributed by atoms with Crippen molar-refractivity contribution in [2.75, 3.05) is 11.4 Å². The van der Waals surface area contributed by atoms with E-state index in [0.717, 1.165) is 24.3 Å². The van der Waals surface area contributed by atoms with E-state index in [1.807, 2.05) is 6.07 Å². The molecule has 2 amide bonds.